The smallest absolute Gasteiger partial charge is 0.123 e. The van der Waals surface area contributed by atoms with Crippen molar-refractivity contribution in [2.45, 2.75) is 57.2 Å². The van der Waals surface area contributed by atoms with Gasteiger partial charge in [0.25, 0.3) is 0 Å². The average Bonchev–Trinajstić information content (AvgIpc) is 2.44. The summed E-state index contributed by atoms with van der Waals surface area (Å²) in [6.45, 7) is 2.56. The molecule has 2 nitrogen and oxygen atoms in total. The van der Waals surface area contributed by atoms with Gasteiger partial charge in [0, 0.05) is 17.5 Å². The van der Waals surface area contributed by atoms with Crippen molar-refractivity contribution in [1.82, 2.24) is 0 Å². The highest BCUT2D eigenvalue weighted by molar-refractivity contribution is 9.10. The largest absolute Gasteiger partial charge is 0.390 e. The van der Waals surface area contributed by atoms with E-state index in [1.807, 2.05) is 6.92 Å². The molecule has 1 fully saturated rings. The number of aliphatic hydroxyl groups is 1. The highest BCUT2D eigenvalue weighted by Gasteiger charge is 2.39. The van der Waals surface area contributed by atoms with E-state index in [9.17, 15) is 9.50 Å². The Morgan fingerprint density at radius 2 is 2.05 bits per heavy atom. The van der Waals surface area contributed by atoms with Crippen LogP contribution in [-0.4, -0.2) is 23.4 Å². The van der Waals surface area contributed by atoms with Crippen LogP contribution in [-0.2, 0) is 11.2 Å². The third kappa shape index (κ3) is 3.60. The van der Waals surface area contributed by atoms with Crippen LogP contribution in [0.25, 0.3) is 0 Å². The van der Waals surface area contributed by atoms with Crippen LogP contribution in [0, 0.1) is 5.82 Å². The first-order valence-electron chi connectivity index (χ1n) is 7.33. The normalized spacial score (nSPS) is 19.8. The van der Waals surface area contributed by atoms with Gasteiger partial charge in [-0.05, 0) is 43.5 Å². The molecule has 1 N–H and O–H groups in total. The lowest BCUT2D eigenvalue weighted by molar-refractivity contribution is -0.138. The van der Waals surface area contributed by atoms with Crippen LogP contribution in [0.3, 0.4) is 0 Å². The first-order chi connectivity index (χ1) is 9.57. The fraction of sp³-hybridized carbons (Fsp3) is 0.625. The summed E-state index contributed by atoms with van der Waals surface area (Å²) < 4.78 is 20.1. The van der Waals surface area contributed by atoms with Crippen molar-refractivity contribution in [3.8, 4) is 0 Å². The third-order valence-corrected chi connectivity index (χ3v) is 4.93. The monoisotopic (exact) mass is 344 g/mol. The molecule has 1 aliphatic rings. The molecule has 0 heterocycles. The Balaban J connectivity index is 2.15. The van der Waals surface area contributed by atoms with E-state index in [-0.39, 0.29) is 5.82 Å². The molecule has 1 aromatic rings. The molecule has 0 aliphatic heterocycles. The Morgan fingerprint density at radius 3 is 2.70 bits per heavy atom. The van der Waals surface area contributed by atoms with Crippen LogP contribution in [0.5, 0.6) is 0 Å². The van der Waals surface area contributed by atoms with Gasteiger partial charge in [0.05, 0.1) is 11.7 Å². The zero-order chi connectivity index (χ0) is 14.6. The molecule has 0 bridgehead atoms. The second kappa shape index (κ2) is 7.01. The molecule has 1 unspecified atom stereocenters. The Labute approximate surface area is 128 Å². The molecule has 112 valence electrons. The summed E-state index contributed by atoms with van der Waals surface area (Å²) >= 11 is 3.42. The van der Waals surface area contributed by atoms with Gasteiger partial charge < -0.3 is 9.84 Å². The maximum absolute atomic E-state index is 13.3. The predicted molar refractivity (Wildman–Crippen MR) is 81.3 cm³/mol. The zero-order valence-electron chi connectivity index (χ0n) is 11.9. The summed E-state index contributed by atoms with van der Waals surface area (Å²) in [6.07, 6.45) is 4.96. The second-order valence-corrected chi connectivity index (χ2v) is 6.37. The molecule has 4 heteroatoms. The van der Waals surface area contributed by atoms with Gasteiger partial charge in [-0.25, -0.2) is 4.39 Å². The molecule has 1 aromatic carbocycles. The quantitative estimate of drug-likeness (QED) is 0.865. The first-order valence-corrected chi connectivity index (χ1v) is 8.12. The van der Waals surface area contributed by atoms with E-state index in [0.29, 0.717) is 13.0 Å². The SMILES string of the molecule is CCOC1(C(O)Cc2cc(F)ccc2Br)CCCCC1. The standard InChI is InChI=1S/C16H22BrFO2/c1-2-20-16(8-4-3-5-9-16)15(19)11-12-10-13(18)6-7-14(12)17/h6-7,10,15,19H,2-5,8-9,11H2,1H3. The van der Waals surface area contributed by atoms with E-state index in [2.05, 4.69) is 15.9 Å². The van der Waals surface area contributed by atoms with Crippen molar-refractivity contribution in [3.05, 3.63) is 34.1 Å². The number of aliphatic hydroxyl groups excluding tert-OH is 1. The molecule has 2 rings (SSSR count). The van der Waals surface area contributed by atoms with E-state index in [1.165, 1.54) is 18.6 Å². The molecular formula is C16H22BrFO2. The summed E-state index contributed by atoms with van der Waals surface area (Å²) in [5, 5.41) is 10.7. The lowest BCUT2D eigenvalue weighted by Crippen LogP contribution is -2.47. The maximum Gasteiger partial charge on any atom is 0.123 e. The van der Waals surface area contributed by atoms with Gasteiger partial charge in [-0.3, -0.25) is 0 Å². The van der Waals surface area contributed by atoms with Crippen molar-refractivity contribution in [2.75, 3.05) is 6.61 Å². The average molecular weight is 345 g/mol. The molecule has 0 aromatic heterocycles. The van der Waals surface area contributed by atoms with Crippen molar-refractivity contribution in [3.63, 3.8) is 0 Å². The molecular weight excluding hydrogens is 323 g/mol. The van der Waals surface area contributed by atoms with Gasteiger partial charge in [0.2, 0.25) is 0 Å². The summed E-state index contributed by atoms with van der Waals surface area (Å²) in [5.41, 5.74) is 0.334. The fourth-order valence-electron chi connectivity index (χ4n) is 3.11. The van der Waals surface area contributed by atoms with Crippen LogP contribution in [0.2, 0.25) is 0 Å². The van der Waals surface area contributed by atoms with Gasteiger partial charge in [0.15, 0.2) is 0 Å². The van der Waals surface area contributed by atoms with E-state index in [0.717, 1.165) is 35.7 Å². The summed E-state index contributed by atoms with van der Waals surface area (Å²) in [4.78, 5) is 0. The lowest BCUT2D eigenvalue weighted by atomic mass is 9.78. The highest BCUT2D eigenvalue weighted by atomic mass is 79.9. The third-order valence-electron chi connectivity index (χ3n) is 4.16. The summed E-state index contributed by atoms with van der Waals surface area (Å²) in [6, 6.07) is 4.58. The number of benzene rings is 1. The molecule has 20 heavy (non-hydrogen) atoms. The topological polar surface area (TPSA) is 29.5 Å². The minimum Gasteiger partial charge on any atom is -0.390 e. The Bertz CT molecular complexity index is 439. The van der Waals surface area contributed by atoms with Gasteiger partial charge in [-0.15, -0.1) is 0 Å². The minimum atomic E-state index is -0.596. The van der Waals surface area contributed by atoms with E-state index < -0.39 is 11.7 Å². The number of ether oxygens (including phenoxy) is 1. The van der Waals surface area contributed by atoms with Crippen molar-refractivity contribution in [2.24, 2.45) is 0 Å². The molecule has 0 saturated heterocycles. The Morgan fingerprint density at radius 1 is 1.35 bits per heavy atom. The molecule has 1 atom stereocenters. The summed E-state index contributed by atoms with van der Waals surface area (Å²) in [5.74, 6) is -0.274. The summed E-state index contributed by atoms with van der Waals surface area (Å²) in [7, 11) is 0. The van der Waals surface area contributed by atoms with Gasteiger partial charge in [-0.1, -0.05) is 35.2 Å². The molecule has 0 amide bonds. The molecule has 1 aliphatic carbocycles. The number of rotatable bonds is 5. The van der Waals surface area contributed by atoms with Crippen molar-refractivity contribution >= 4 is 15.9 Å². The lowest BCUT2D eigenvalue weighted by Gasteiger charge is -2.41. The zero-order valence-corrected chi connectivity index (χ0v) is 13.5. The minimum absolute atomic E-state index is 0.274. The van der Waals surface area contributed by atoms with Gasteiger partial charge in [-0.2, -0.15) is 0 Å². The van der Waals surface area contributed by atoms with Crippen LogP contribution >= 0.6 is 15.9 Å². The fourth-order valence-corrected chi connectivity index (χ4v) is 3.51. The molecule has 1 saturated carbocycles. The Hall–Kier alpha value is -0.450. The van der Waals surface area contributed by atoms with Gasteiger partial charge >= 0.3 is 0 Å². The van der Waals surface area contributed by atoms with E-state index in [1.54, 1.807) is 6.07 Å². The number of halogens is 2. The van der Waals surface area contributed by atoms with Crippen LogP contribution in [0.15, 0.2) is 22.7 Å². The number of hydrogen-bond acceptors (Lipinski definition) is 2. The van der Waals surface area contributed by atoms with Crippen molar-refractivity contribution in [1.29, 1.82) is 0 Å². The van der Waals surface area contributed by atoms with Crippen LogP contribution in [0.1, 0.15) is 44.6 Å². The Kier molecular flexibility index (Phi) is 5.58. The van der Waals surface area contributed by atoms with Crippen LogP contribution < -0.4 is 0 Å². The molecule has 0 radical (unpaired) electrons. The predicted octanol–water partition coefficient (Wildman–Crippen LogP) is 4.23. The molecule has 0 spiro atoms. The van der Waals surface area contributed by atoms with Gasteiger partial charge in [0.1, 0.15) is 5.82 Å². The van der Waals surface area contributed by atoms with E-state index in [4.69, 9.17) is 4.74 Å². The second-order valence-electron chi connectivity index (χ2n) is 5.51. The first kappa shape index (κ1) is 15.9. The number of hydrogen-bond donors (Lipinski definition) is 1. The van der Waals surface area contributed by atoms with Crippen molar-refractivity contribution < 1.29 is 14.2 Å². The van der Waals surface area contributed by atoms with E-state index >= 15 is 0 Å². The van der Waals surface area contributed by atoms with Crippen LogP contribution in [0.4, 0.5) is 4.39 Å². The highest BCUT2D eigenvalue weighted by Crippen LogP contribution is 2.36. The maximum atomic E-state index is 13.3.